The maximum absolute atomic E-state index is 10.9. The molecule has 0 aliphatic rings. The van der Waals surface area contributed by atoms with Crippen molar-refractivity contribution in [3.63, 3.8) is 0 Å². The SMILES string of the molecule is CNCCNC(=O)CCOC. The maximum atomic E-state index is 10.9. The van der Waals surface area contributed by atoms with Crippen LogP contribution in [-0.4, -0.2) is 39.8 Å². The van der Waals surface area contributed by atoms with Gasteiger partial charge in [-0.05, 0) is 7.05 Å². The van der Waals surface area contributed by atoms with E-state index in [1.807, 2.05) is 7.05 Å². The standard InChI is InChI=1S/C7H16N2O2/c1-8-4-5-9-7(10)3-6-11-2/h8H,3-6H2,1-2H3,(H,9,10). The number of nitrogens with one attached hydrogen (secondary N) is 2. The molecule has 0 saturated carbocycles. The highest BCUT2D eigenvalue weighted by molar-refractivity contribution is 5.75. The molecular weight excluding hydrogens is 144 g/mol. The molecule has 4 nitrogen and oxygen atoms in total. The molecular formula is C7H16N2O2. The second-order valence-corrected chi connectivity index (χ2v) is 2.20. The lowest BCUT2D eigenvalue weighted by Gasteiger charge is -2.02. The largest absolute Gasteiger partial charge is 0.384 e. The van der Waals surface area contributed by atoms with Gasteiger partial charge in [-0.3, -0.25) is 4.79 Å². The van der Waals surface area contributed by atoms with Crippen LogP contribution in [0.2, 0.25) is 0 Å². The Balaban J connectivity index is 3.09. The zero-order chi connectivity index (χ0) is 8.53. The molecule has 0 unspecified atom stereocenters. The minimum absolute atomic E-state index is 0.0436. The van der Waals surface area contributed by atoms with E-state index in [9.17, 15) is 4.79 Å². The number of carbonyl (C=O) groups excluding carboxylic acids is 1. The van der Waals surface area contributed by atoms with Gasteiger partial charge in [0.15, 0.2) is 0 Å². The average Bonchev–Trinajstić information content (AvgIpc) is 2.01. The van der Waals surface area contributed by atoms with Crippen LogP contribution in [0.1, 0.15) is 6.42 Å². The summed E-state index contributed by atoms with van der Waals surface area (Å²) in [5.74, 6) is 0.0436. The second-order valence-electron chi connectivity index (χ2n) is 2.20. The summed E-state index contributed by atoms with van der Waals surface area (Å²) in [5, 5.41) is 5.67. The number of amides is 1. The number of methoxy groups -OCH3 is 1. The van der Waals surface area contributed by atoms with Crippen molar-refractivity contribution in [2.24, 2.45) is 0 Å². The Morgan fingerprint density at radius 1 is 1.45 bits per heavy atom. The molecule has 4 heteroatoms. The van der Waals surface area contributed by atoms with E-state index in [-0.39, 0.29) is 5.91 Å². The van der Waals surface area contributed by atoms with Crippen LogP contribution in [-0.2, 0) is 9.53 Å². The monoisotopic (exact) mass is 160 g/mol. The van der Waals surface area contributed by atoms with Gasteiger partial charge in [0.1, 0.15) is 0 Å². The predicted molar refractivity (Wildman–Crippen MR) is 43.4 cm³/mol. The van der Waals surface area contributed by atoms with Crippen LogP contribution in [0.3, 0.4) is 0 Å². The van der Waals surface area contributed by atoms with Gasteiger partial charge in [0, 0.05) is 26.6 Å². The highest BCUT2D eigenvalue weighted by Crippen LogP contribution is 1.78. The topological polar surface area (TPSA) is 50.4 Å². The van der Waals surface area contributed by atoms with Crippen LogP contribution < -0.4 is 10.6 Å². The van der Waals surface area contributed by atoms with Crippen molar-refractivity contribution in [2.75, 3.05) is 33.9 Å². The Hall–Kier alpha value is -0.610. The number of hydrogen-bond acceptors (Lipinski definition) is 3. The molecule has 0 saturated heterocycles. The number of ether oxygens (including phenoxy) is 1. The molecule has 0 rings (SSSR count). The second kappa shape index (κ2) is 7.50. The van der Waals surface area contributed by atoms with Crippen LogP contribution in [0.25, 0.3) is 0 Å². The highest BCUT2D eigenvalue weighted by Gasteiger charge is 1.97. The Kier molecular flexibility index (Phi) is 7.08. The van der Waals surface area contributed by atoms with Gasteiger partial charge in [-0.1, -0.05) is 0 Å². The van der Waals surface area contributed by atoms with Gasteiger partial charge in [0.25, 0.3) is 0 Å². The molecule has 0 atom stereocenters. The molecule has 0 aromatic rings. The van der Waals surface area contributed by atoms with Crippen LogP contribution in [0.4, 0.5) is 0 Å². The van der Waals surface area contributed by atoms with E-state index in [0.717, 1.165) is 6.54 Å². The smallest absolute Gasteiger partial charge is 0.222 e. The first-order valence-corrected chi connectivity index (χ1v) is 3.71. The molecule has 11 heavy (non-hydrogen) atoms. The third-order valence-corrected chi connectivity index (χ3v) is 1.23. The fraction of sp³-hybridized carbons (Fsp3) is 0.857. The summed E-state index contributed by atoms with van der Waals surface area (Å²) in [6.45, 7) is 1.98. The third kappa shape index (κ3) is 7.29. The van der Waals surface area contributed by atoms with Crippen molar-refractivity contribution in [3.05, 3.63) is 0 Å². The molecule has 2 N–H and O–H groups in total. The zero-order valence-corrected chi connectivity index (χ0v) is 7.14. The van der Waals surface area contributed by atoms with E-state index in [1.165, 1.54) is 0 Å². The van der Waals surface area contributed by atoms with Crippen LogP contribution in [0, 0.1) is 0 Å². The fourth-order valence-corrected chi connectivity index (χ4v) is 0.610. The van der Waals surface area contributed by atoms with Gasteiger partial charge in [0.2, 0.25) is 5.91 Å². The minimum Gasteiger partial charge on any atom is -0.384 e. The van der Waals surface area contributed by atoms with E-state index >= 15 is 0 Å². The van der Waals surface area contributed by atoms with Gasteiger partial charge in [-0.15, -0.1) is 0 Å². The van der Waals surface area contributed by atoms with E-state index in [0.29, 0.717) is 19.6 Å². The normalized spacial score (nSPS) is 9.64. The van der Waals surface area contributed by atoms with E-state index in [1.54, 1.807) is 7.11 Å². The van der Waals surface area contributed by atoms with Crippen LogP contribution >= 0.6 is 0 Å². The first kappa shape index (κ1) is 10.4. The Morgan fingerprint density at radius 3 is 2.73 bits per heavy atom. The first-order valence-electron chi connectivity index (χ1n) is 3.71. The predicted octanol–water partition coefficient (Wildman–Crippen LogP) is -0.641. The molecule has 0 fully saturated rings. The number of carbonyl (C=O) groups is 1. The van der Waals surface area contributed by atoms with Gasteiger partial charge < -0.3 is 15.4 Å². The number of hydrogen-bond donors (Lipinski definition) is 2. The van der Waals surface area contributed by atoms with Gasteiger partial charge >= 0.3 is 0 Å². The quantitative estimate of drug-likeness (QED) is 0.508. The lowest BCUT2D eigenvalue weighted by Crippen LogP contribution is -2.30. The Morgan fingerprint density at radius 2 is 2.18 bits per heavy atom. The molecule has 0 spiro atoms. The van der Waals surface area contributed by atoms with E-state index < -0.39 is 0 Å². The fourth-order valence-electron chi connectivity index (χ4n) is 0.610. The lowest BCUT2D eigenvalue weighted by molar-refractivity contribution is -0.121. The minimum atomic E-state index is 0.0436. The molecule has 0 aliphatic heterocycles. The highest BCUT2D eigenvalue weighted by atomic mass is 16.5. The number of rotatable bonds is 6. The Bertz CT molecular complexity index is 107. The summed E-state index contributed by atoms with van der Waals surface area (Å²) >= 11 is 0. The number of likely N-dealkylation sites (N-methyl/N-ethyl adjacent to an activating group) is 1. The summed E-state index contributed by atoms with van der Waals surface area (Å²) in [5.41, 5.74) is 0. The average molecular weight is 160 g/mol. The van der Waals surface area contributed by atoms with Gasteiger partial charge in [-0.2, -0.15) is 0 Å². The molecule has 0 aromatic heterocycles. The van der Waals surface area contributed by atoms with E-state index in [4.69, 9.17) is 4.74 Å². The maximum Gasteiger partial charge on any atom is 0.222 e. The molecule has 0 aromatic carbocycles. The summed E-state index contributed by atoms with van der Waals surface area (Å²) in [6, 6.07) is 0. The zero-order valence-electron chi connectivity index (χ0n) is 7.14. The van der Waals surface area contributed by atoms with Crippen molar-refractivity contribution in [3.8, 4) is 0 Å². The van der Waals surface area contributed by atoms with Crippen molar-refractivity contribution in [1.82, 2.24) is 10.6 Å². The summed E-state index contributed by atoms with van der Waals surface area (Å²) in [4.78, 5) is 10.9. The van der Waals surface area contributed by atoms with Crippen molar-refractivity contribution < 1.29 is 9.53 Å². The molecule has 66 valence electrons. The molecule has 0 radical (unpaired) electrons. The van der Waals surface area contributed by atoms with Crippen molar-refractivity contribution in [2.45, 2.75) is 6.42 Å². The first-order chi connectivity index (χ1) is 5.31. The van der Waals surface area contributed by atoms with Crippen LogP contribution in [0.15, 0.2) is 0 Å². The molecule has 0 bridgehead atoms. The molecule has 0 heterocycles. The summed E-state index contributed by atoms with van der Waals surface area (Å²) in [6.07, 6.45) is 0.445. The molecule has 0 aliphatic carbocycles. The van der Waals surface area contributed by atoms with Gasteiger partial charge in [0.05, 0.1) is 6.61 Å². The van der Waals surface area contributed by atoms with Crippen molar-refractivity contribution >= 4 is 5.91 Å². The third-order valence-electron chi connectivity index (χ3n) is 1.23. The summed E-state index contributed by atoms with van der Waals surface area (Å²) in [7, 11) is 3.43. The van der Waals surface area contributed by atoms with Crippen LogP contribution in [0.5, 0.6) is 0 Å². The van der Waals surface area contributed by atoms with E-state index in [2.05, 4.69) is 10.6 Å². The Labute approximate surface area is 67.3 Å². The lowest BCUT2D eigenvalue weighted by atomic mass is 10.4. The summed E-state index contributed by atoms with van der Waals surface area (Å²) < 4.78 is 4.74. The van der Waals surface area contributed by atoms with Gasteiger partial charge in [-0.25, -0.2) is 0 Å². The molecule has 1 amide bonds. The van der Waals surface area contributed by atoms with Crippen molar-refractivity contribution in [1.29, 1.82) is 0 Å².